The number of aromatic nitrogens is 2. The van der Waals surface area contributed by atoms with Crippen LogP contribution in [0.5, 0.6) is 0 Å². The zero-order valence-electron chi connectivity index (χ0n) is 10.9. The number of rotatable bonds is 3. The molecule has 0 unspecified atom stereocenters. The molecule has 2 aliphatic rings. The van der Waals surface area contributed by atoms with Crippen molar-refractivity contribution in [1.29, 1.82) is 0 Å². The fraction of sp³-hybridized carbons (Fsp3) is 0.692. The minimum absolute atomic E-state index is 0.0245. The third kappa shape index (κ3) is 2.84. The van der Waals surface area contributed by atoms with Crippen LogP contribution in [0.4, 0.5) is 5.69 Å². The Morgan fingerprint density at radius 1 is 1.42 bits per heavy atom. The van der Waals surface area contributed by atoms with Crippen LogP contribution >= 0.6 is 15.9 Å². The Labute approximate surface area is 120 Å². The normalized spacial score (nSPS) is 23.7. The zero-order chi connectivity index (χ0) is 13.4. The van der Waals surface area contributed by atoms with E-state index in [4.69, 9.17) is 5.73 Å². The van der Waals surface area contributed by atoms with Crippen LogP contribution in [-0.2, 0) is 6.54 Å². The Kier molecular flexibility index (Phi) is 3.62. The highest BCUT2D eigenvalue weighted by Gasteiger charge is 2.25. The van der Waals surface area contributed by atoms with Crippen molar-refractivity contribution < 1.29 is 0 Å². The van der Waals surface area contributed by atoms with Crippen molar-refractivity contribution in [1.82, 2.24) is 9.78 Å². The monoisotopic (exact) mass is 326 g/mol. The summed E-state index contributed by atoms with van der Waals surface area (Å²) in [6, 6.07) is 0.189. The van der Waals surface area contributed by atoms with Crippen LogP contribution in [0.15, 0.2) is 15.5 Å². The Morgan fingerprint density at radius 2 is 2.21 bits per heavy atom. The molecule has 0 spiro atoms. The largest absolute Gasteiger partial charge is 0.368 e. The van der Waals surface area contributed by atoms with Gasteiger partial charge in [0.05, 0.1) is 11.9 Å². The summed E-state index contributed by atoms with van der Waals surface area (Å²) in [4.78, 5) is 14.4. The number of halogens is 1. The molecule has 2 fully saturated rings. The van der Waals surface area contributed by atoms with Gasteiger partial charge in [-0.1, -0.05) is 0 Å². The Hall–Kier alpha value is -0.880. The van der Waals surface area contributed by atoms with Gasteiger partial charge in [-0.2, -0.15) is 5.10 Å². The average molecular weight is 327 g/mol. The molecule has 19 heavy (non-hydrogen) atoms. The summed E-state index contributed by atoms with van der Waals surface area (Å²) in [6.45, 7) is 2.49. The fourth-order valence-corrected chi connectivity index (χ4v) is 3.14. The van der Waals surface area contributed by atoms with E-state index < -0.39 is 0 Å². The maximum absolute atomic E-state index is 12.3. The summed E-state index contributed by atoms with van der Waals surface area (Å²) in [5, 5.41) is 4.31. The molecule has 6 heteroatoms. The minimum Gasteiger partial charge on any atom is -0.368 e. The van der Waals surface area contributed by atoms with E-state index in [1.54, 1.807) is 10.9 Å². The zero-order valence-corrected chi connectivity index (χ0v) is 12.5. The lowest BCUT2D eigenvalue weighted by atomic mass is 10.1. The molecule has 1 aliphatic heterocycles. The number of hydrogen-bond acceptors (Lipinski definition) is 4. The van der Waals surface area contributed by atoms with Crippen LogP contribution in [0.3, 0.4) is 0 Å². The number of hydrogen-bond donors (Lipinski definition) is 1. The van der Waals surface area contributed by atoms with E-state index in [1.807, 2.05) is 0 Å². The van der Waals surface area contributed by atoms with Gasteiger partial charge in [0.15, 0.2) is 0 Å². The van der Waals surface area contributed by atoms with E-state index in [-0.39, 0.29) is 11.6 Å². The van der Waals surface area contributed by atoms with E-state index in [2.05, 4.69) is 25.9 Å². The molecule has 104 valence electrons. The third-order valence-electron chi connectivity index (χ3n) is 3.89. The molecule has 1 aromatic rings. The number of piperidine rings is 1. The van der Waals surface area contributed by atoms with E-state index in [0.717, 1.165) is 38.2 Å². The van der Waals surface area contributed by atoms with Crippen molar-refractivity contribution in [2.45, 2.75) is 38.3 Å². The van der Waals surface area contributed by atoms with E-state index in [1.165, 1.54) is 12.8 Å². The topological polar surface area (TPSA) is 64.2 Å². The molecule has 3 rings (SSSR count). The summed E-state index contributed by atoms with van der Waals surface area (Å²) in [6.07, 6.45) is 6.36. The van der Waals surface area contributed by atoms with Crippen LogP contribution in [0.1, 0.15) is 25.7 Å². The molecular formula is C13H19BrN4O. The molecule has 1 aromatic heterocycles. The molecule has 1 saturated carbocycles. The first kappa shape index (κ1) is 13.1. The van der Waals surface area contributed by atoms with Gasteiger partial charge in [0, 0.05) is 25.7 Å². The van der Waals surface area contributed by atoms with Crippen molar-refractivity contribution in [2.24, 2.45) is 11.7 Å². The van der Waals surface area contributed by atoms with Gasteiger partial charge in [0.2, 0.25) is 0 Å². The van der Waals surface area contributed by atoms with E-state index >= 15 is 0 Å². The first-order valence-corrected chi connectivity index (χ1v) is 7.70. The molecule has 0 bridgehead atoms. The number of anilines is 1. The van der Waals surface area contributed by atoms with Gasteiger partial charge in [-0.15, -0.1) is 0 Å². The predicted molar refractivity (Wildman–Crippen MR) is 78.3 cm³/mol. The highest BCUT2D eigenvalue weighted by molar-refractivity contribution is 9.10. The number of nitrogens with zero attached hydrogens (tertiary/aromatic N) is 3. The molecule has 1 saturated heterocycles. The molecule has 5 nitrogen and oxygen atoms in total. The highest BCUT2D eigenvalue weighted by atomic mass is 79.9. The van der Waals surface area contributed by atoms with E-state index in [9.17, 15) is 4.79 Å². The molecular weight excluding hydrogens is 308 g/mol. The smallest absolute Gasteiger partial charge is 0.283 e. The third-order valence-corrected chi connectivity index (χ3v) is 4.64. The van der Waals surface area contributed by atoms with Crippen molar-refractivity contribution >= 4 is 21.6 Å². The van der Waals surface area contributed by atoms with E-state index in [0.29, 0.717) is 10.4 Å². The lowest BCUT2D eigenvalue weighted by Crippen LogP contribution is -2.43. The predicted octanol–water partition coefficient (Wildman–Crippen LogP) is 1.34. The van der Waals surface area contributed by atoms with Crippen molar-refractivity contribution in [3.8, 4) is 0 Å². The first-order chi connectivity index (χ1) is 9.15. The summed E-state index contributed by atoms with van der Waals surface area (Å²) >= 11 is 3.44. The quantitative estimate of drug-likeness (QED) is 0.910. The second kappa shape index (κ2) is 5.25. The molecule has 0 amide bonds. The van der Waals surface area contributed by atoms with Crippen molar-refractivity contribution in [3.63, 3.8) is 0 Å². The maximum Gasteiger partial charge on any atom is 0.283 e. The molecule has 0 aromatic carbocycles. The van der Waals surface area contributed by atoms with Crippen molar-refractivity contribution in [2.75, 3.05) is 18.0 Å². The van der Waals surface area contributed by atoms with Crippen LogP contribution in [-0.4, -0.2) is 28.9 Å². The Bertz CT molecular complexity index is 526. The maximum atomic E-state index is 12.3. The molecule has 2 heterocycles. The van der Waals surface area contributed by atoms with Gasteiger partial charge in [-0.25, -0.2) is 4.68 Å². The van der Waals surface area contributed by atoms with Gasteiger partial charge in [0.25, 0.3) is 5.56 Å². The Morgan fingerprint density at radius 3 is 2.89 bits per heavy atom. The summed E-state index contributed by atoms with van der Waals surface area (Å²) in [5.74, 6) is 0.645. The lowest BCUT2D eigenvalue weighted by Gasteiger charge is -2.32. The number of nitrogens with two attached hydrogens (primary N) is 1. The molecule has 0 radical (unpaired) electrons. The summed E-state index contributed by atoms with van der Waals surface area (Å²) < 4.78 is 2.20. The van der Waals surface area contributed by atoms with Crippen molar-refractivity contribution in [3.05, 3.63) is 21.0 Å². The summed E-state index contributed by atoms with van der Waals surface area (Å²) in [7, 11) is 0. The first-order valence-electron chi connectivity index (χ1n) is 6.91. The Balaban J connectivity index is 1.85. The van der Waals surface area contributed by atoms with Crippen LogP contribution < -0.4 is 16.2 Å². The van der Waals surface area contributed by atoms with Gasteiger partial charge < -0.3 is 10.6 Å². The molecule has 1 aliphatic carbocycles. The highest BCUT2D eigenvalue weighted by Crippen LogP contribution is 2.30. The van der Waals surface area contributed by atoms with Gasteiger partial charge in [-0.3, -0.25) is 4.79 Å². The SMILES string of the molecule is N[C@@H]1CCCN(c2cnn(CC3CC3)c(=O)c2Br)C1. The van der Waals surface area contributed by atoms with Crippen LogP contribution in [0.2, 0.25) is 0 Å². The minimum atomic E-state index is -0.0245. The van der Waals surface area contributed by atoms with Gasteiger partial charge >= 0.3 is 0 Å². The standard InChI is InChI=1S/C13H19BrN4O/c14-12-11(17-5-1-2-10(15)8-17)6-16-18(13(12)19)7-9-3-4-9/h6,9-10H,1-5,7-8,15H2/t10-/m1/s1. The second-order valence-corrected chi connectivity index (χ2v) is 6.42. The van der Waals surface area contributed by atoms with Crippen LogP contribution in [0, 0.1) is 5.92 Å². The molecule has 2 N–H and O–H groups in total. The second-order valence-electron chi connectivity index (χ2n) is 5.62. The summed E-state index contributed by atoms with van der Waals surface area (Å²) in [5.41, 5.74) is 6.85. The molecule has 1 atom stereocenters. The average Bonchev–Trinajstić information content (AvgIpc) is 3.19. The van der Waals surface area contributed by atoms with Crippen LogP contribution in [0.25, 0.3) is 0 Å². The van der Waals surface area contributed by atoms with Gasteiger partial charge in [-0.05, 0) is 47.5 Å². The fourth-order valence-electron chi connectivity index (χ4n) is 2.58. The van der Waals surface area contributed by atoms with Gasteiger partial charge in [0.1, 0.15) is 4.47 Å². The lowest BCUT2D eigenvalue weighted by molar-refractivity contribution is 0.498.